The molecule has 0 bridgehead atoms. The van der Waals surface area contributed by atoms with Crippen LogP contribution in [0, 0.1) is 5.82 Å². The molecule has 4 rings (SSSR count). The molecule has 37 heavy (non-hydrogen) atoms. The van der Waals surface area contributed by atoms with Gasteiger partial charge in [0.1, 0.15) is 17.1 Å². The van der Waals surface area contributed by atoms with E-state index in [4.69, 9.17) is 11.6 Å². The summed E-state index contributed by atoms with van der Waals surface area (Å²) in [6.07, 6.45) is -3.44. The molecule has 0 fully saturated rings. The Bertz CT molecular complexity index is 1370. The maximum absolute atomic E-state index is 13.7. The number of carbonyl (C=O) groups is 1. The van der Waals surface area contributed by atoms with Crippen LogP contribution < -0.4 is 15.4 Å². The standard InChI is InChI=1S/C27H20ClF4N3O2/c28-20-12-13-24(33-17-20)26(16-18-6-2-1-3-7-18,19-8-4-11-23(14-19)37-27(30,31)32)35-25(36)34-22-10-5-9-21(29)15-22/h1-15,17H,16H2,(H2,34,35,36). The van der Waals surface area contributed by atoms with Gasteiger partial charge in [0.25, 0.3) is 0 Å². The number of aromatic nitrogens is 1. The molecule has 0 saturated heterocycles. The monoisotopic (exact) mass is 529 g/mol. The first-order chi connectivity index (χ1) is 17.6. The predicted molar refractivity (Wildman–Crippen MR) is 132 cm³/mol. The van der Waals surface area contributed by atoms with Gasteiger partial charge in [0, 0.05) is 18.3 Å². The zero-order valence-corrected chi connectivity index (χ0v) is 19.9. The molecule has 0 aliphatic rings. The van der Waals surface area contributed by atoms with E-state index >= 15 is 0 Å². The molecule has 1 unspecified atom stereocenters. The van der Waals surface area contributed by atoms with Gasteiger partial charge < -0.3 is 15.4 Å². The number of urea groups is 1. The van der Waals surface area contributed by atoms with E-state index in [1.54, 1.807) is 30.3 Å². The van der Waals surface area contributed by atoms with Gasteiger partial charge in [-0.05, 0) is 53.6 Å². The van der Waals surface area contributed by atoms with E-state index in [2.05, 4.69) is 20.4 Å². The highest BCUT2D eigenvalue weighted by Crippen LogP contribution is 2.36. The third kappa shape index (κ3) is 6.77. The lowest BCUT2D eigenvalue weighted by atomic mass is 9.80. The van der Waals surface area contributed by atoms with E-state index in [0.29, 0.717) is 10.7 Å². The second-order valence-electron chi connectivity index (χ2n) is 8.09. The SMILES string of the molecule is O=C(Nc1cccc(F)c1)NC(Cc1ccccc1)(c1cccc(OC(F)(F)F)c1)c1ccc(Cl)cn1. The second kappa shape index (κ2) is 10.9. The Balaban J connectivity index is 1.84. The number of carbonyl (C=O) groups excluding carboxylic acids is 1. The molecule has 1 heterocycles. The number of hydrogen-bond donors (Lipinski definition) is 2. The zero-order chi connectivity index (χ0) is 26.5. The molecule has 1 atom stereocenters. The van der Waals surface area contributed by atoms with Crippen molar-refractivity contribution in [1.29, 1.82) is 0 Å². The average Bonchev–Trinajstić information content (AvgIpc) is 2.84. The van der Waals surface area contributed by atoms with Gasteiger partial charge in [0.05, 0.1) is 10.7 Å². The molecule has 0 aliphatic carbocycles. The number of halogens is 5. The molecule has 0 radical (unpaired) electrons. The number of ether oxygens (including phenoxy) is 1. The molecule has 5 nitrogen and oxygen atoms in total. The molecule has 190 valence electrons. The van der Waals surface area contributed by atoms with E-state index in [1.807, 2.05) is 18.2 Å². The summed E-state index contributed by atoms with van der Waals surface area (Å²) in [5.74, 6) is -1.02. The molecule has 0 saturated carbocycles. The van der Waals surface area contributed by atoms with Gasteiger partial charge in [-0.25, -0.2) is 9.18 Å². The normalized spacial score (nSPS) is 12.9. The third-order valence-corrected chi connectivity index (χ3v) is 5.67. The van der Waals surface area contributed by atoms with Crippen LogP contribution in [0.1, 0.15) is 16.8 Å². The first-order valence-corrected chi connectivity index (χ1v) is 11.4. The number of pyridine rings is 1. The van der Waals surface area contributed by atoms with Crippen molar-refractivity contribution >= 4 is 23.3 Å². The van der Waals surface area contributed by atoms with E-state index in [1.165, 1.54) is 36.5 Å². The number of hydrogen-bond acceptors (Lipinski definition) is 3. The van der Waals surface area contributed by atoms with Crippen molar-refractivity contribution in [2.24, 2.45) is 0 Å². The second-order valence-corrected chi connectivity index (χ2v) is 8.53. The van der Waals surface area contributed by atoms with Crippen LogP contribution in [-0.4, -0.2) is 17.4 Å². The predicted octanol–water partition coefficient (Wildman–Crippen LogP) is 7.08. The summed E-state index contributed by atoms with van der Waals surface area (Å²) in [6, 6.07) is 22.0. The summed E-state index contributed by atoms with van der Waals surface area (Å²) in [4.78, 5) is 17.7. The van der Waals surface area contributed by atoms with Crippen molar-refractivity contribution in [3.63, 3.8) is 0 Å². The van der Waals surface area contributed by atoms with Crippen molar-refractivity contribution in [2.45, 2.75) is 18.3 Å². The Hall–Kier alpha value is -4.11. The number of amides is 2. The molecule has 1 aromatic heterocycles. The van der Waals surface area contributed by atoms with Gasteiger partial charge in [-0.3, -0.25) is 4.98 Å². The maximum Gasteiger partial charge on any atom is 0.573 e. The number of nitrogens with zero attached hydrogens (tertiary/aromatic N) is 1. The molecule has 2 amide bonds. The largest absolute Gasteiger partial charge is 0.573 e. The number of benzene rings is 3. The summed E-state index contributed by atoms with van der Waals surface area (Å²) in [7, 11) is 0. The molecule has 4 aromatic rings. The lowest BCUT2D eigenvalue weighted by Gasteiger charge is -2.35. The fourth-order valence-corrected chi connectivity index (χ4v) is 4.04. The van der Waals surface area contributed by atoms with Crippen molar-refractivity contribution in [2.75, 3.05) is 5.32 Å². The Morgan fingerprint density at radius 2 is 1.68 bits per heavy atom. The number of rotatable bonds is 7. The smallest absolute Gasteiger partial charge is 0.406 e. The Morgan fingerprint density at radius 3 is 2.35 bits per heavy atom. The Kier molecular flexibility index (Phi) is 7.63. The lowest BCUT2D eigenvalue weighted by Crippen LogP contribution is -2.50. The van der Waals surface area contributed by atoms with E-state index in [0.717, 1.165) is 17.7 Å². The molecule has 3 aromatic carbocycles. The first-order valence-electron chi connectivity index (χ1n) is 11.0. The summed E-state index contributed by atoms with van der Waals surface area (Å²) in [5, 5.41) is 5.78. The van der Waals surface area contributed by atoms with Gasteiger partial charge in [-0.15, -0.1) is 13.2 Å². The van der Waals surface area contributed by atoms with Crippen LogP contribution in [0.4, 0.5) is 28.0 Å². The maximum atomic E-state index is 13.7. The van der Waals surface area contributed by atoms with Crippen LogP contribution in [0.5, 0.6) is 5.75 Å². The summed E-state index contributed by atoms with van der Waals surface area (Å²) >= 11 is 6.05. The zero-order valence-electron chi connectivity index (χ0n) is 19.1. The van der Waals surface area contributed by atoms with Gasteiger partial charge in [-0.1, -0.05) is 60.1 Å². The minimum Gasteiger partial charge on any atom is -0.406 e. The number of nitrogens with one attached hydrogen (secondary N) is 2. The highest BCUT2D eigenvalue weighted by atomic mass is 35.5. The molecule has 10 heteroatoms. The summed E-state index contributed by atoms with van der Waals surface area (Å²) < 4.78 is 56.9. The van der Waals surface area contributed by atoms with E-state index in [9.17, 15) is 22.4 Å². The van der Waals surface area contributed by atoms with Crippen molar-refractivity contribution in [3.05, 3.63) is 125 Å². The minimum absolute atomic E-state index is 0.106. The first kappa shape index (κ1) is 26.0. The molecule has 0 spiro atoms. The fourth-order valence-electron chi connectivity index (χ4n) is 3.93. The molecular weight excluding hydrogens is 510 g/mol. The summed E-state index contributed by atoms with van der Waals surface area (Å²) in [6.45, 7) is 0. The molecule has 2 N–H and O–H groups in total. The third-order valence-electron chi connectivity index (χ3n) is 5.45. The topological polar surface area (TPSA) is 63.2 Å². The van der Waals surface area contributed by atoms with Crippen molar-refractivity contribution < 1.29 is 27.1 Å². The van der Waals surface area contributed by atoms with Gasteiger partial charge in [0.2, 0.25) is 0 Å². The quantitative estimate of drug-likeness (QED) is 0.251. The van der Waals surface area contributed by atoms with Crippen LogP contribution in [0.25, 0.3) is 0 Å². The van der Waals surface area contributed by atoms with Gasteiger partial charge in [0.15, 0.2) is 0 Å². The van der Waals surface area contributed by atoms with Crippen molar-refractivity contribution in [3.8, 4) is 5.75 Å². The van der Waals surface area contributed by atoms with Crippen molar-refractivity contribution in [1.82, 2.24) is 10.3 Å². The Morgan fingerprint density at radius 1 is 0.919 bits per heavy atom. The highest BCUT2D eigenvalue weighted by Gasteiger charge is 2.39. The van der Waals surface area contributed by atoms with Gasteiger partial charge in [-0.2, -0.15) is 0 Å². The summed E-state index contributed by atoms with van der Waals surface area (Å²) in [5.41, 5.74) is 0.0346. The lowest BCUT2D eigenvalue weighted by molar-refractivity contribution is -0.274. The molecular formula is C27H20ClF4N3O2. The van der Waals surface area contributed by atoms with Crippen LogP contribution >= 0.6 is 11.6 Å². The van der Waals surface area contributed by atoms with Crippen LogP contribution in [0.3, 0.4) is 0 Å². The van der Waals surface area contributed by atoms with Crippen LogP contribution in [0.2, 0.25) is 5.02 Å². The van der Waals surface area contributed by atoms with Gasteiger partial charge >= 0.3 is 12.4 Å². The van der Waals surface area contributed by atoms with Crippen LogP contribution in [-0.2, 0) is 12.0 Å². The number of anilines is 1. The molecule has 0 aliphatic heterocycles. The van der Waals surface area contributed by atoms with E-state index in [-0.39, 0.29) is 17.7 Å². The highest BCUT2D eigenvalue weighted by molar-refractivity contribution is 6.30. The Labute approximate surface area is 215 Å². The minimum atomic E-state index is -4.92. The number of alkyl halides is 3. The van der Waals surface area contributed by atoms with E-state index < -0.39 is 29.5 Å². The average molecular weight is 530 g/mol. The fraction of sp³-hybridized carbons (Fsp3) is 0.111. The van der Waals surface area contributed by atoms with Crippen LogP contribution in [0.15, 0.2) is 97.2 Å².